The van der Waals surface area contributed by atoms with Crippen molar-refractivity contribution >= 4 is 23.2 Å². The van der Waals surface area contributed by atoms with Crippen molar-refractivity contribution in [2.45, 2.75) is 26.0 Å². The first-order chi connectivity index (χ1) is 20.1. The van der Waals surface area contributed by atoms with Crippen LogP contribution in [-0.4, -0.2) is 78.2 Å². The van der Waals surface area contributed by atoms with Gasteiger partial charge in [0.2, 0.25) is 5.95 Å². The van der Waals surface area contributed by atoms with Crippen molar-refractivity contribution in [3.05, 3.63) is 72.4 Å². The molecular formula is C32H36N6O3. The van der Waals surface area contributed by atoms with Crippen LogP contribution in [0.15, 0.2) is 66.9 Å². The van der Waals surface area contributed by atoms with E-state index in [2.05, 4.69) is 63.7 Å². The average Bonchev–Trinajstić information content (AvgIpc) is 2.94. The van der Waals surface area contributed by atoms with Gasteiger partial charge in [0.15, 0.2) is 0 Å². The lowest BCUT2D eigenvalue weighted by atomic mass is 10.1. The molecule has 2 aromatic carbocycles. The Labute approximate surface area is 241 Å². The van der Waals surface area contributed by atoms with E-state index in [1.165, 1.54) is 0 Å². The molecule has 0 spiro atoms. The van der Waals surface area contributed by atoms with Gasteiger partial charge in [-0.15, -0.1) is 0 Å². The van der Waals surface area contributed by atoms with Crippen LogP contribution in [0, 0.1) is 11.8 Å². The summed E-state index contributed by atoms with van der Waals surface area (Å²) in [7, 11) is 2.09. The highest BCUT2D eigenvalue weighted by molar-refractivity contribution is 5.94. The number of likely N-dealkylation sites (tertiary alicyclic amines) is 1. The first-order valence-electron chi connectivity index (χ1n) is 13.9. The van der Waals surface area contributed by atoms with Crippen LogP contribution in [0.5, 0.6) is 5.75 Å². The summed E-state index contributed by atoms with van der Waals surface area (Å²) in [5, 5.41) is 6.93. The lowest BCUT2D eigenvalue weighted by Gasteiger charge is -2.43. The number of rotatable bonds is 5. The Kier molecular flexibility index (Phi) is 9.47. The largest absolute Gasteiger partial charge is 0.493 e. The summed E-state index contributed by atoms with van der Waals surface area (Å²) in [6.45, 7) is 6.31. The van der Waals surface area contributed by atoms with Crippen molar-refractivity contribution < 1.29 is 14.3 Å². The molecule has 2 N–H and O–H groups in total. The number of benzene rings is 2. The molecule has 1 aromatic heterocycles. The summed E-state index contributed by atoms with van der Waals surface area (Å²) < 4.78 is 11.9. The molecule has 2 aliphatic rings. The number of carbonyl (C=O) groups excluding carboxylic acids is 1. The second-order valence-electron chi connectivity index (χ2n) is 10.1. The minimum absolute atomic E-state index is 0.0925. The van der Waals surface area contributed by atoms with Crippen LogP contribution in [-0.2, 0) is 16.1 Å². The number of ether oxygens (including phenoxy) is 2. The zero-order chi connectivity index (χ0) is 28.4. The molecule has 0 atom stereocenters. The van der Waals surface area contributed by atoms with Gasteiger partial charge in [-0.3, -0.25) is 9.69 Å². The highest BCUT2D eigenvalue weighted by atomic mass is 16.5. The number of hydrogen-bond donors (Lipinski definition) is 2. The highest BCUT2D eigenvalue weighted by Gasteiger charge is 2.32. The van der Waals surface area contributed by atoms with Gasteiger partial charge < -0.3 is 25.0 Å². The summed E-state index contributed by atoms with van der Waals surface area (Å²) in [6, 6.07) is 16.4. The molecular weight excluding hydrogens is 516 g/mol. The van der Waals surface area contributed by atoms with E-state index in [0.717, 1.165) is 66.5 Å². The van der Waals surface area contributed by atoms with Crippen molar-refractivity contribution in [1.29, 1.82) is 0 Å². The number of anilines is 3. The van der Waals surface area contributed by atoms with E-state index in [-0.39, 0.29) is 5.91 Å². The van der Waals surface area contributed by atoms with Crippen LogP contribution in [0.2, 0.25) is 0 Å². The van der Waals surface area contributed by atoms with Gasteiger partial charge in [0.1, 0.15) is 5.75 Å². The van der Waals surface area contributed by atoms with Gasteiger partial charge in [0, 0.05) is 55.4 Å². The lowest BCUT2D eigenvalue weighted by molar-refractivity contribution is -0.131. The minimum Gasteiger partial charge on any atom is -0.493 e. The summed E-state index contributed by atoms with van der Waals surface area (Å²) >= 11 is 0. The van der Waals surface area contributed by atoms with E-state index in [1.807, 2.05) is 36.4 Å². The van der Waals surface area contributed by atoms with Crippen LogP contribution in [0.3, 0.4) is 0 Å². The summed E-state index contributed by atoms with van der Waals surface area (Å²) in [6.07, 6.45) is 6.67. The van der Waals surface area contributed by atoms with Crippen molar-refractivity contribution in [2.75, 3.05) is 57.1 Å². The quantitative estimate of drug-likeness (QED) is 0.357. The van der Waals surface area contributed by atoms with Crippen molar-refractivity contribution in [2.24, 2.45) is 0 Å². The molecule has 1 saturated heterocycles. The molecule has 9 nitrogen and oxygen atoms in total. The van der Waals surface area contributed by atoms with Crippen molar-refractivity contribution in [3.63, 3.8) is 0 Å². The molecule has 2 aliphatic heterocycles. The molecule has 0 radical (unpaired) electrons. The Morgan fingerprint density at radius 2 is 2.10 bits per heavy atom. The zero-order valence-corrected chi connectivity index (χ0v) is 23.6. The Bertz CT molecular complexity index is 1440. The van der Waals surface area contributed by atoms with Crippen molar-refractivity contribution in [3.8, 4) is 28.8 Å². The number of hydrogen-bond acceptors (Lipinski definition) is 8. The molecule has 41 heavy (non-hydrogen) atoms. The maximum atomic E-state index is 11.9. The monoisotopic (exact) mass is 552 g/mol. The number of amides is 1. The highest BCUT2D eigenvalue weighted by Crippen LogP contribution is 2.26. The molecule has 0 aliphatic carbocycles. The summed E-state index contributed by atoms with van der Waals surface area (Å²) in [4.78, 5) is 25.2. The van der Waals surface area contributed by atoms with Gasteiger partial charge in [-0.25, -0.2) is 9.97 Å². The van der Waals surface area contributed by atoms with E-state index in [1.54, 1.807) is 18.0 Å². The third kappa shape index (κ3) is 7.84. The Balaban J connectivity index is 1.28. The zero-order valence-electron chi connectivity index (χ0n) is 23.6. The fraction of sp³-hybridized carbons (Fsp3) is 0.344. The summed E-state index contributed by atoms with van der Waals surface area (Å²) in [5.41, 5.74) is 4.68. The maximum Gasteiger partial charge on any atom is 0.298 e. The number of nitrogens with zero attached hydrogens (tertiary/aromatic N) is 4. The van der Waals surface area contributed by atoms with Crippen LogP contribution in [0.1, 0.15) is 18.9 Å². The third-order valence-corrected chi connectivity index (χ3v) is 7.04. The van der Waals surface area contributed by atoms with Gasteiger partial charge in [-0.05, 0) is 68.3 Å². The molecule has 5 rings (SSSR count). The van der Waals surface area contributed by atoms with Gasteiger partial charge in [0.05, 0.1) is 25.5 Å². The molecule has 3 aromatic rings. The van der Waals surface area contributed by atoms with E-state index in [4.69, 9.17) is 14.5 Å². The number of aromatic nitrogens is 2. The van der Waals surface area contributed by atoms with Crippen LogP contribution >= 0.6 is 0 Å². The molecule has 0 saturated carbocycles. The third-order valence-electron chi connectivity index (χ3n) is 7.04. The first kappa shape index (κ1) is 28.1. The second kappa shape index (κ2) is 13.8. The molecule has 9 heteroatoms. The molecule has 212 valence electrons. The van der Waals surface area contributed by atoms with Crippen LogP contribution < -0.4 is 15.4 Å². The smallest absolute Gasteiger partial charge is 0.298 e. The van der Waals surface area contributed by atoms with E-state index in [0.29, 0.717) is 31.8 Å². The lowest BCUT2D eigenvalue weighted by Crippen LogP contribution is -2.60. The fourth-order valence-electron chi connectivity index (χ4n) is 4.72. The van der Waals surface area contributed by atoms with Crippen LogP contribution in [0.4, 0.5) is 17.3 Å². The van der Waals surface area contributed by atoms with Gasteiger partial charge >= 0.3 is 0 Å². The molecule has 1 fully saturated rings. The number of fused-ring (bicyclic) bond motifs is 7. The Morgan fingerprint density at radius 1 is 1.20 bits per heavy atom. The van der Waals surface area contributed by atoms with E-state index >= 15 is 0 Å². The minimum atomic E-state index is -0.0925. The molecule has 0 unspecified atom stereocenters. The Morgan fingerprint density at radius 3 is 2.98 bits per heavy atom. The number of carbonyl (C=O) groups is 1. The topological polar surface area (TPSA) is 91.9 Å². The Hall–Kier alpha value is -4.39. The molecule has 3 heterocycles. The first-order valence-corrected chi connectivity index (χ1v) is 13.9. The summed E-state index contributed by atoms with van der Waals surface area (Å²) in [5.74, 6) is 6.52. The van der Waals surface area contributed by atoms with Gasteiger partial charge in [0.25, 0.3) is 5.91 Å². The second-order valence-corrected chi connectivity index (χ2v) is 10.1. The predicted octanol–water partition coefficient (Wildman–Crippen LogP) is 4.32. The number of likely N-dealkylation sites (N-methyl/N-ethyl adjacent to an activating group) is 1. The fourth-order valence-corrected chi connectivity index (χ4v) is 4.72. The molecule has 1 amide bonds. The van der Waals surface area contributed by atoms with Crippen molar-refractivity contribution in [1.82, 2.24) is 19.8 Å². The van der Waals surface area contributed by atoms with Gasteiger partial charge in [-0.1, -0.05) is 30.2 Å². The van der Waals surface area contributed by atoms with E-state index in [9.17, 15) is 4.79 Å². The molecule has 6 bridgehead atoms. The van der Waals surface area contributed by atoms with Gasteiger partial charge in [-0.2, -0.15) is 0 Å². The maximum absolute atomic E-state index is 11.9. The van der Waals surface area contributed by atoms with E-state index < -0.39 is 0 Å². The predicted molar refractivity (Wildman–Crippen MR) is 161 cm³/mol. The average molecular weight is 553 g/mol. The SMILES string of the molecule is CC#CC(=O)N1CC(N(C)CCNc2cc3cc(c2)Nc2nccc(n2)-c2cccc(c2)OCC/C=C/COC3)C1. The number of nitrogens with one attached hydrogen (secondary N) is 2. The van der Waals surface area contributed by atoms with Crippen LogP contribution in [0.25, 0.3) is 11.3 Å². The standard InChI is InChI=1S/C32H36N6O3/c1-3-8-31(39)38-21-28(22-38)37(2)14-13-33-26-17-24-18-27(20-26)35-32-34-12-11-30(36-32)25-9-7-10-29(19-25)41-16-6-4-5-15-40-23-24/h4-5,7,9-12,17-20,28,33H,6,13-16,21-23H2,1-2H3,(H,34,35,36)/b5-4+. The normalized spacial score (nSPS) is 16.1.